The van der Waals surface area contributed by atoms with Crippen molar-refractivity contribution in [1.29, 1.82) is 0 Å². The van der Waals surface area contributed by atoms with Crippen molar-refractivity contribution < 1.29 is 9.66 Å². The SMILES string of the molecule is COc1ccc(NC(C)Cc2ccsc2)c([N+](=O)[O-])c1. The van der Waals surface area contributed by atoms with Gasteiger partial charge in [-0.05, 0) is 47.9 Å². The minimum absolute atomic E-state index is 0.0292. The van der Waals surface area contributed by atoms with Gasteiger partial charge in [0.2, 0.25) is 0 Å². The van der Waals surface area contributed by atoms with Crippen molar-refractivity contribution in [3.05, 3.63) is 50.7 Å². The summed E-state index contributed by atoms with van der Waals surface area (Å²) in [4.78, 5) is 10.7. The molecule has 0 saturated heterocycles. The first-order valence-electron chi connectivity index (χ1n) is 6.20. The number of nitro groups is 1. The number of benzene rings is 1. The van der Waals surface area contributed by atoms with Gasteiger partial charge < -0.3 is 10.1 Å². The first-order valence-corrected chi connectivity index (χ1v) is 7.14. The van der Waals surface area contributed by atoms with Crippen LogP contribution in [0.15, 0.2) is 35.0 Å². The summed E-state index contributed by atoms with van der Waals surface area (Å²) < 4.78 is 5.02. The first kappa shape index (κ1) is 14.3. The summed E-state index contributed by atoms with van der Waals surface area (Å²) in [5.74, 6) is 0.479. The Kier molecular flexibility index (Phi) is 4.57. The van der Waals surface area contributed by atoms with E-state index >= 15 is 0 Å². The summed E-state index contributed by atoms with van der Waals surface area (Å²) in [7, 11) is 1.49. The van der Waals surface area contributed by atoms with E-state index in [0.29, 0.717) is 11.4 Å². The van der Waals surface area contributed by atoms with E-state index in [9.17, 15) is 10.1 Å². The highest BCUT2D eigenvalue weighted by Crippen LogP contribution is 2.29. The number of nitrogens with zero attached hydrogens (tertiary/aromatic N) is 1. The Morgan fingerprint density at radius 2 is 2.25 bits per heavy atom. The van der Waals surface area contributed by atoms with Crippen LogP contribution < -0.4 is 10.1 Å². The number of nitro benzene ring substituents is 1. The maximum Gasteiger partial charge on any atom is 0.296 e. The molecular weight excluding hydrogens is 276 g/mol. The molecule has 0 spiro atoms. The van der Waals surface area contributed by atoms with Crippen molar-refractivity contribution in [2.45, 2.75) is 19.4 Å². The molecule has 0 radical (unpaired) electrons. The number of hydrogen-bond donors (Lipinski definition) is 1. The molecule has 1 heterocycles. The van der Waals surface area contributed by atoms with Gasteiger partial charge in [0, 0.05) is 6.04 Å². The average Bonchev–Trinajstić information content (AvgIpc) is 2.91. The van der Waals surface area contributed by atoms with E-state index in [1.807, 2.05) is 12.3 Å². The number of rotatable bonds is 6. The van der Waals surface area contributed by atoms with Crippen LogP contribution in [0.2, 0.25) is 0 Å². The Bertz CT molecular complexity index is 584. The largest absolute Gasteiger partial charge is 0.496 e. The maximum absolute atomic E-state index is 11.1. The molecular formula is C14H16N2O3S. The third-order valence-electron chi connectivity index (χ3n) is 2.93. The minimum atomic E-state index is -0.401. The number of ether oxygens (including phenoxy) is 1. The highest BCUT2D eigenvalue weighted by molar-refractivity contribution is 7.07. The predicted octanol–water partition coefficient (Wildman–Crippen LogP) is 3.71. The smallest absolute Gasteiger partial charge is 0.296 e. The van der Waals surface area contributed by atoms with Gasteiger partial charge >= 0.3 is 0 Å². The Hall–Kier alpha value is -2.08. The van der Waals surface area contributed by atoms with E-state index < -0.39 is 4.92 Å². The zero-order valence-corrected chi connectivity index (χ0v) is 12.1. The van der Waals surface area contributed by atoms with E-state index in [2.05, 4.69) is 16.8 Å². The van der Waals surface area contributed by atoms with E-state index in [-0.39, 0.29) is 11.7 Å². The van der Waals surface area contributed by atoms with Crippen molar-refractivity contribution in [2.75, 3.05) is 12.4 Å². The average molecular weight is 292 g/mol. The highest BCUT2D eigenvalue weighted by atomic mass is 32.1. The van der Waals surface area contributed by atoms with Crippen LogP contribution in [0, 0.1) is 10.1 Å². The molecule has 1 aromatic heterocycles. The normalized spacial score (nSPS) is 11.9. The molecule has 1 aromatic carbocycles. The van der Waals surface area contributed by atoms with Crippen molar-refractivity contribution in [2.24, 2.45) is 0 Å². The zero-order chi connectivity index (χ0) is 14.5. The Labute approximate surface area is 121 Å². The predicted molar refractivity (Wildman–Crippen MR) is 80.8 cm³/mol. The molecule has 0 aliphatic carbocycles. The van der Waals surface area contributed by atoms with Crippen LogP contribution in [0.25, 0.3) is 0 Å². The van der Waals surface area contributed by atoms with Gasteiger partial charge in [-0.25, -0.2) is 0 Å². The molecule has 1 atom stereocenters. The van der Waals surface area contributed by atoms with Crippen LogP contribution in [-0.2, 0) is 6.42 Å². The summed E-state index contributed by atoms with van der Waals surface area (Å²) >= 11 is 1.65. The summed E-state index contributed by atoms with van der Waals surface area (Å²) in [6, 6.07) is 7.00. The standard InChI is InChI=1S/C14H16N2O3S/c1-10(7-11-5-6-20-9-11)15-13-4-3-12(19-2)8-14(13)16(17)18/h3-6,8-10,15H,7H2,1-2H3. The van der Waals surface area contributed by atoms with Gasteiger partial charge in [0.05, 0.1) is 18.1 Å². The third-order valence-corrected chi connectivity index (χ3v) is 3.66. The summed E-state index contributed by atoms with van der Waals surface area (Å²) in [5, 5.41) is 18.4. The summed E-state index contributed by atoms with van der Waals surface area (Å²) in [5.41, 5.74) is 1.77. The second-order valence-corrected chi connectivity index (χ2v) is 5.30. The van der Waals surface area contributed by atoms with Crippen molar-refractivity contribution in [3.63, 3.8) is 0 Å². The number of hydrogen-bond acceptors (Lipinski definition) is 5. The lowest BCUT2D eigenvalue weighted by Gasteiger charge is -2.15. The van der Waals surface area contributed by atoms with E-state index in [4.69, 9.17) is 4.74 Å². The van der Waals surface area contributed by atoms with Gasteiger partial charge in [-0.1, -0.05) is 0 Å². The summed E-state index contributed by atoms with van der Waals surface area (Å²) in [6.07, 6.45) is 0.826. The Morgan fingerprint density at radius 1 is 1.45 bits per heavy atom. The van der Waals surface area contributed by atoms with Crippen molar-refractivity contribution in [3.8, 4) is 5.75 Å². The highest BCUT2D eigenvalue weighted by Gasteiger charge is 2.16. The number of nitrogens with one attached hydrogen (secondary N) is 1. The topological polar surface area (TPSA) is 64.4 Å². The molecule has 1 N–H and O–H groups in total. The van der Waals surface area contributed by atoms with Crippen molar-refractivity contribution in [1.82, 2.24) is 0 Å². The molecule has 2 aromatic rings. The lowest BCUT2D eigenvalue weighted by atomic mass is 10.1. The van der Waals surface area contributed by atoms with Crippen LogP contribution in [0.4, 0.5) is 11.4 Å². The van der Waals surface area contributed by atoms with Crippen LogP contribution in [0.5, 0.6) is 5.75 Å². The number of methoxy groups -OCH3 is 1. The summed E-state index contributed by atoms with van der Waals surface area (Å²) in [6.45, 7) is 2.01. The zero-order valence-electron chi connectivity index (χ0n) is 11.3. The minimum Gasteiger partial charge on any atom is -0.496 e. The molecule has 0 aliphatic rings. The van der Waals surface area contributed by atoms with E-state index in [1.165, 1.54) is 18.7 Å². The Balaban J connectivity index is 2.13. The molecule has 0 saturated carbocycles. The molecule has 0 amide bonds. The van der Waals surface area contributed by atoms with Gasteiger partial charge in [0.1, 0.15) is 11.4 Å². The molecule has 106 valence electrons. The van der Waals surface area contributed by atoms with Gasteiger partial charge in [0.25, 0.3) is 5.69 Å². The maximum atomic E-state index is 11.1. The number of thiophene rings is 1. The van der Waals surface area contributed by atoms with Crippen LogP contribution in [-0.4, -0.2) is 18.1 Å². The monoisotopic (exact) mass is 292 g/mol. The molecule has 0 aliphatic heterocycles. The van der Waals surface area contributed by atoms with Crippen molar-refractivity contribution >= 4 is 22.7 Å². The van der Waals surface area contributed by atoms with Crippen LogP contribution in [0.1, 0.15) is 12.5 Å². The fourth-order valence-corrected chi connectivity index (χ4v) is 2.67. The molecule has 0 fully saturated rings. The molecule has 6 heteroatoms. The lowest BCUT2D eigenvalue weighted by Crippen LogP contribution is -2.18. The van der Waals surface area contributed by atoms with Crippen LogP contribution in [0.3, 0.4) is 0 Å². The fourth-order valence-electron chi connectivity index (χ4n) is 1.99. The van der Waals surface area contributed by atoms with Gasteiger partial charge in [-0.15, -0.1) is 0 Å². The van der Waals surface area contributed by atoms with Gasteiger partial charge in [-0.2, -0.15) is 11.3 Å². The van der Waals surface area contributed by atoms with Crippen LogP contribution >= 0.6 is 11.3 Å². The number of anilines is 1. The molecule has 2 rings (SSSR count). The van der Waals surface area contributed by atoms with E-state index in [0.717, 1.165) is 6.42 Å². The van der Waals surface area contributed by atoms with E-state index in [1.54, 1.807) is 23.5 Å². The third kappa shape index (κ3) is 3.48. The Morgan fingerprint density at radius 3 is 2.85 bits per heavy atom. The molecule has 20 heavy (non-hydrogen) atoms. The molecule has 1 unspecified atom stereocenters. The quantitative estimate of drug-likeness (QED) is 0.651. The second kappa shape index (κ2) is 6.38. The first-order chi connectivity index (χ1) is 9.60. The molecule has 0 bridgehead atoms. The molecule has 5 nitrogen and oxygen atoms in total. The van der Waals surface area contributed by atoms with Gasteiger partial charge in [-0.3, -0.25) is 10.1 Å². The fraction of sp³-hybridized carbons (Fsp3) is 0.286. The lowest BCUT2D eigenvalue weighted by molar-refractivity contribution is -0.384. The second-order valence-electron chi connectivity index (χ2n) is 4.52. The van der Waals surface area contributed by atoms with Gasteiger partial charge in [0.15, 0.2) is 0 Å².